The van der Waals surface area contributed by atoms with Crippen molar-refractivity contribution in [3.63, 3.8) is 0 Å². The van der Waals surface area contributed by atoms with Crippen LogP contribution in [0.3, 0.4) is 0 Å². The van der Waals surface area contributed by atoms with Gasteiger partial charge in [0, 0.05) is 0 Å². The second-order valence-corrected chi connectivity index (χ2v) is 3.05. The lowest BCUT2D eigenvalue weighted by atomic mass is 10.1. The van der Waals surface area contributed by atoms with Crippen LogP contribution in [0.4, 0.5) is 0 Å². The monoisotopic (exact) mass is 127 g/mol. The highest BCUT2D eigenvalue weighted by molar-refractivity contribution is 4.63. The molecule has 0 unspecified atom stereocenters. The molecule has 0 aromatic carbocycles. The average molecular weight is 127 g/mol. The molecule has 0 aliphatic carbocycles. The van der Waals surface area contributed by atoms with E-state index in [-0.39, 0.29) is 0 Å². The molecule has 0 fully saturated rings. The summed E-state index contributed by atoms with van der Waals surface area (Å²) in [5.41, 5.74) is 0. The van der Waals surface area contributed by atoms with E-state index in [4.69, 9.17) is 0 Å². The standard InChI is InChI=1S/C9H19/c1-4-5-6-7-8-9(2)3/h6,9H,4-5,7-8H2,1-3H3/q-1. The Bertz CT molecular complexity index is 46.0. The Morgan fingerprint density at radius 1 is 1.22 bits per heavy atom. The topological polar surface area (TPSA) is 0 Å². The molecule has 0 aromatic heterocycles. The second kappa shape index (κ2) is 6.12. The summed E-state index contributed by atoms with van der Waals surface area (Å²) in [6.07, 6.45) is 7.68. The second-order valence-electron chi connectivity index (χ2n) is 3.05. The Hall–Kier alpha value is 0. The lowest BCUT2D eigenvalue weighted by Gasteiger charge is -2.10. The van der Waals surface area contributed by atoms with E-state index in [2.05, 4.69) is 27.2 Å². The van der Waals surface area contributed by atoms with Crippen LogP contribution in [0.25, 0.3) is 0 Å². The van der Waals surface area contributed by atoms with Crippen molar-refractivity contribution < 1.29 is 0 Å². The van der Waals surface area contributed by atoms with Gasteiger partial charge in [0.25, 0.3) is 0 Å². The minimum absolute atomic E-state index is 0.873. The maximum Gasteiger partial charge on any atom is -0.0496 e. The lowest BCUT2D eigenvalue weighted by molar-refractivity contribution is 0.573. The summed E-state index contributed by atoms with van der Waals surface area (Å²) in [7, 11) is 0. The van der Waals surface area contributed by atoms with E-state index in [1.54, 1.807) is 0 Å². The van der Waals surface area contributed by atoms with Crippen molar-refractivity contribution in [1.29, 1.82) is 0 Å². The summed E-state index contributed by atoms with van der Waals surface area (Å²) in [6.45, 7) is 6.78. The Kier molecular flexibility index (Phi) is 6.12. The molecule has 0 atom stereocenters. The number of hydrogen-bond acceptors (Lipinski definition) is 0. The van der Waals surface area contributed by atoms with Crippen LogP contribution in [0.1, 0.15) is 46.5 Å². The summed E-state index contributed by atoms with van der Waals surface area (Å²) in [5.74, 6) is 0.873. The first-order valence-electron chi connectivity index (χ1n) is 4.09. The third kappa shape index (κ3) is 8.00. The van der Waals surface area contributed by atoms with E-state index in [0.29, 0.717) is 0 Å². The third-order valence-corrected chi connectivity index (χ3v) is 1.44. The van der Waals surface area contributed by atoms with Crippen molar-refractivity contribution in [2.75, 3.05) is 0 Å². The molecule has 0 radical (unpaired) electrons. The smallest absolute Gasteiger partial charge is 0.0496 e. The van der Waals surface area contributed by atoms with E-state index in [1.165, 1.54) is 25.7 Å². The number of unbranched alkanes of at least 4 members (excludes halogenated alkanes) is 3. The minimum Gasteiger partial charge on any atom is -0.328 e. The van der Waals surface area contributed by atoms with Crippen molar-refractivity contribution in [1.82, 2.24) is 0 Å². The molecule has 0 saturated carbocycles. The summed E-state index contributed by atoms with van der Waals surface area (Å²) in [4.78, 5) is 0. The maximum absolute atomic E-state index is 2.40. The SMILES string of the molecule is CCC[CH-]CCC(C)C. The normalized spacial score (nSPS) is 10.7. The first-order chi connectivity index (χ1) is 4.27. The van der Waals surface area contributed by atoms with Crippen molar-refractivity contribution >= 4 is 0 Å². The highest BCUT2D eigenvalue weighted by Crippen LogP contribution is 2.07. The molecule has 9 heavy (non-hydrogen) atoms. The molecule has 0 nitrogen and oxygen atoms in total. The Balaban J connectivity index is 2.75. The zero-order valence-electron chi connectivity index (χ0n) is 6.98. The van der Waals surface area contributed by atoms with Gasteiger partial charge in [-0.25, -0.2) is 0 Å². The fourth-order valence-corrected chi connectivity index (χ4v) is 0.800. The van der Waals surface area contributed by atoms with Crippen molar-refractivity contribution in [2.24, 2.45) is 5.92 Å². The molecular formula is C9H19-. The van der Waals surface area contributed by atoms with E-state index >= 15 is 0 Å². The molecule has 0 N–H and O–H groups in total. The molecule has 0 saturated heterocycles. The van der Waals surface area contributed by atoms with Crippen LogP contribution in [0, 0.1) is 12.3 Å². The zero-order valence-corrected chi connectivity index (χ0v) is 6.98. The average Bonchev–Trinajstić information content (AvgIpc) is 1.80. The highest BCUT2D eigenvalue weighted by Gasteiger charge is 1.85. The van der Waals surface area contributed by atoms with Gasteiger partial charge >= 0.3 is 0 Å². The van der Waals surface area contributed by atoms with E-state index in [0.717, 1.165) is 5.92 Å². The van der Waals surface area contributed by atoms with Gasteiger partial charge in [-0.1, -0.05) is 33.6 Å². The van der Waals surface area contributed by atoms with Gasteiger partial charge in [-0.2, -0.15) is 12.8 Å². The van der Waals surface area contributed by atoms with Gasteiger partial charge in [-0.15, -0.1) is 0 Å². The van der Waals surface area contributed by atoms with Crippen LogP contribution in [0.5, 0.6) is 0 Å². The third-order valence-electron chi connectivity index (χ3n) is 1.44. The van der Waals surface area contributed by atoms with Crippen molar-refractivity contribution in [3.8, 4) is 0 Å². The summed E-state index contributed by atoms with van der Waals surface area (Å²) in [6, 6.07) is 0. The molecule has 0 heteroatoms. The number of hydrogen-bond donors (Lipinski definition) is 0. The lowest BCUT2D eigenvalue weighted by Crippen LogP contribution is -1.86. The van der Waals surface area contributed by atoms with Crippen LogP contribution in [-0.2, 0) is 0 Å². The zero-order chi connectivity index (χ0) is 7.11. The fraction of sp³-hybridized carbons (Fsp3) is 0.889. The van der Waals surface area contributed by atoms with Gasteiger partial charge in [0.1, 0.15) is 0 Å². The highest BCUT2D eigenvalue weighted by atomic mass is 14.0. The van der Waals surface area contributed by atoms with Crippen LogP contribution in [0.15, 0.2) is 0 Å². The first-order valence-corrected chi connectivity index (χ1v) is 4.09. The molecule has 0 bridgehead atoms. The van der Waals surface area contributed by atoms with Gasteiger partial charge in [0.15, 0.2) is 0 Å². The van der Waals surface area contributed by atoms with E-state index < -0.39 is 0 Å². The van der Waals surface area contributed by atoms with Gasteiger partial charge in [0.05, 0.1) is 0 Å². The van der Waals surface area contributed by atoms with Gasteiger partial charge < -0.3 is 6.42 Å². The molecule has 56 valence electrons. The van der Waals surface area contributed by atoms with Crippen LogP contribution < -0.4 is 0 Å². The quantitative estimate of drug-likeness (QED) is 0.392. The van der Waals surface area contributed by atoms with Crippen LogP contribution >= 0.6 is 0 Å². The number of rotatable bonds is 5. The Morgan fingerprint density at radius 3 is 2.33 bits per heavy atom. The summed E-state index contributed by atoms with van der Waals surface area (Å²) >= 11 is 0. The van der Waals surface area contributed by atoms with Crippen molar-refractivity contribution in [3.05, 3.63) is 6.42 Å². The van der Waals surface area contributed by atoms with Gasteiger partial charge in [-0.3, -0.25) is 0 Å². The maximum atomic E-state index is 2.40. The first kappa shape index (κ1) is 9.00. The van der Waals surface area contributed by atoms with Crippen LogP contribution in [0.2, 0.25) is 0 Å². The fourth-order valence-electron chi connectivity index (χ4n) is 0.800. The molecule has 0 heterocycles. The minimum atomic E-state index is 0.873. The molecule has 0 aliphatic heterocycles. The largest absolute Gasteiger partial charge is 0.328 e. The molecule has 0 spiro atoms. The van der Waals surface area contributed by atoms with E-state index in [1.807, 2.05) is 0 Å². The summed E-state index contributed by atoms with van der Waals surface area (Å²) in [5, 5.41) is 0. The summed E-state index contributed by atoms with van der Waals surface area (Å²) < 4.78 is 0. The van der Waals surface area contributed by atoms with Gasteiger partial charge in [-0.05, 0) is 5.92 Å². The molecule has 0 rings (SSSR count). The molecule has 0 aliphatic rings. The Labute approximate surface area is 59.7 Å². The predicted molar refractivity (Wildman–Crippen MR) is 43.3 cm³/mol. The van der Waals surface area contributed by atoms with E-state index in [9.17, 15) is 0 Å². The van der Waals surface area contributed by atoms with Crippen molar-refractivity contribution in [2.45, 2.75) is 46.5 Å². The van der Waals surface area contributed by atoms with Gasteiger partial charge in [0.2, 0.25) is 0 Å². The van der Waals surface area contributed by atoms with Crippen LogP contribution in [-0.4, -0.2) is 0 Å². The Morgan fingerprint density at radius 2 is 1.89 bits per heavy atom. The molecular weight excluding hydrogens is 108 g/mol. The molecule has 0 amide bonds. The predicted octanol–water partition coefficient (Wildman–Crippen LogP) is 3.43. The molecule has 0 aromatic rings.